The summed E-state index contributed by atoms with van der Waals surface area (Å²) in [6, 6.07) is 2.14. The number of rotatable bonds is 4. The van der Waals surface area contributed by atoms with Crippen LogP contribution in [0.1, 0.15) is 64.2 Å². The van der Waals surface area contributed by atoms with Crippen molar-refractivity contribution in [1.29, 1.82) is 5.26 Å². The summed E-state index contributed by atoms with van der Waals surface area (Å²) in [5.74, 6) is 0.0651. The predicted octanol–water partition coefficient (Wildman–Crippen LogP) is 3.13. The molecule has 2 fully saturated rings. The molecule has 0 aromatic rings. The third-order valence-electron chi connectivity index (χ3n) is 4.26. The first-order valence-corrected chi connectivity index (χ1v) is 8.97. The van der Waals surface area contributed by atoms with Gasteiger partial charge in [-0.15, -0.1) is 0 Å². The molecule has 0 bridgehead atoms. The van der Waals surface area contributed by atoms with Gasteiger partial charge in [-0.2, -0.15) is 13.7 Å². The molecule has 0 aliphatic heterocycles. The van der Waals surface area contributed by atoms with Gasteiger partial charge in [0.1, 0.15) is 0 Å². The van der Waals surface area contributed by atoms with Gasteiger partial charge >= 0.3 is 10.1 Å². The zero-order valence-corrected chi connectivity index (χ0v) is 12.6. The Kier molecular flexibility index (Phi) is 5.41. The third-order valence-corrected chi connectivity index (χ3v) is 5.83. The fraction of sp³-hybridized carbons (Fsp3) is 0.857. The van der Waals surface area contributed by atoms with Crippen LogP contribution < -0.4 is 0 Å². The van der Waals surface area contributed by atoms with Gasteiger partial charge in [-0.1, -0.05) is 30.8 Å². The van der Waals surface area contributed by atoms with Crippen molar-refractivity contribution in [2.45, 2.75) is 69.5 Å². The van der Waals surface area contributed by atoms with E-state index in [9.17, 15) is 8.42 Å². The predicted molar refractivity (Wildman–Crippen MR) is 76.5 cm³/mol. The summed E-state index contributed by atoms with van der Waals surface area (Å²) in [7, 11) is -3.59. The molecule has 0 aromatic heterocycles. The highest BCUT2D eigenvalue weighted by Gasteiger charge is 2.30. The van der Waals surface area contributed by atoms with Crippen LogP contribution in [0.25, 0.3) is 0 Å². The van der Waals surface area contributed by atoms with Gasteiger partial charge in [-0.05, 0) is 32.1 Å². The average molecular weight is 298 g/mol. The fourth-order valence-corrected chi connectivity index (χ4v) is 4.26. The van der Waals surface area contributed by atoms with Gasteiger partial charge in [-0.3, -0.25) is 4.28 Å². The molecule has 2 aliphatic carbocycles. The second-order valence-electron chi connectivity index (χ2n) is 5.71. The first-order valence-electron chi connectivity index (χ1n) is 7.49. The Morgan fingerprint density at radius 3 is 2.55 bits per heavy atom. The van der Waals surface area contributed by atoms with Crippen LogP contribution in [0.2, 0.25) is 0 Å². The van der Waals surface area contributed by atoms with E-state index in [1.54, 1.807) is 0 Å². The Balaban J connectivity index is 2.00. The lowest BCUT2D eigenvalue weighted by Gasteiger charge is -2.22. The molecule has 112 valence electrons. The van der Waals surface area contributed by atoms with E-state index in [0.29, 0.717) is 19.3 Å². The molecule has 2 saturated carbocycles. The molecule has 0 radical (unpaired) electrons. The Bertz CT molecular complexity index is 487. The maximum Gasteiger partial charge on any atom is 0.331 e. The van der Waals surface area contributed by atoms with E-state index in [1.165, 1.54) is 0 Å². The fourth-order valence-electron chi connectivity index (χ4n) is 3.03. The molecule has 1 atom stereocenters. The smallest absolute Gasteiger partial charge is 0.268 e. The first-order chi connectivity index (χ1) is 9.63. The maximum absolute atomic E-state index is 12.1. The lowest BCUT2D eigenvalue weighted by molar-refractivity contribution is 0.313. The summed E-state index contributed by atoms with van der Waals surface area (Å²) in [6.07, 6.45) is 8.45. The highest BCUT2D eigenvalue weighted by atomic mass is 32.2. The van der Waals surface area contributed by atoms with Crippen molar-refractivity contribution in [3.8, 4) is 6.07 Å². The Labute approximate surface area is 121 Å². The van der Waals surface area contributed by atoms with Crippen LogP contribution in [-0.4, -0.2) is 19.4 Å². The average Bonchev–Trinajstić information content (AvgIpc) is 2.48. The van der Waals surface area contributed by atoms with Crippen LogP contribution in [-0.2, 0) is 14.4 Å². The SMILES string of the molecule is N#CCC1CCCC/C1=N/OS(=O)(=O)C1CCCCC1. The number of hydrogen-bond acceptors (Lipinski definition) is 5. The largest absolute Gasteiger partial charge is 0.331 e. The molecular weight excluding hydrogens is 276 g/mol. The number of hydrogen-bond donors (Lipinski definition) is 0. The van der Waals surface area contributed by atoms with Crippen LogP contribution in [0.4, 0.5) is 0 Å². The monoisotopic (exact) mass is 298 g/mol. The molecule has 0 aromatic carbocycles. The van der Waals surface area contributed by atoms with E-state index in [0.717, 1.165) is 50.7 Å². The molecule has 1 unspecified atom stereocenters. The molecule has 20 heavy (non-hydrogen) atoms. The van der Waals surface area contributed by atoms with Gasteiger partial charge in [0, 0.05) is 12.3 Å². The standard InChI is InChI=1S/C14H22N2O3S/c15-11-10-12-6-4-5-9-14(12)16-19-20(17,18)13-7-2-1-3-8-13/h12-13H,1-10H2/b16-14-. The summed E-state index contributed by atoms with van der Waals surface area (Å²) < 4.78 is 29.1. The summed E-state index contributed by atoms with van der Waals surface area (Å²) in [5.41, 5.74) is 0.747. The second-order valence-corrected chi connectivity index (χ2v) is 7.52. The Morgan fingerprint density at radius 2 is 1.85 bits per heavy atom. The Morgan fingerprint density at radius 1 is 1.15 bits per heavy atom. The van der Waals surface area contributed by atoms with Crippen molar-refractivity contribution in [3.05, 3.63) is 0 Å². The third kappa shape index (κ3) is 3.95. The highest BCUT2D eigenvalue weighted by molar-refractivity contribution is 7.87. The van der Waals surface area contributed by atoms with Crippen LogP contribution in [0.15, 0.2) is 5.16 Å². The quantitative estimate of drug-likeness (QED) is 0.747. The molecule has 0 heterocycles. The molecular formula is C14H22N2O3S. The van der Waals surface area contributed by atoms with Gasteiger partial charge in [0.05, 0.1) is 17.0 Å². The van der Waals surface area contributed by atoms with Crippen molar-refractivity contribution < 1.29 is 12.7 Å². The summed E-state index contributed by atoms with van der Waals surface area (Å²) in [6.45, 7) is 0. The van der Waals surface area contributed by atoms with E-state index in [-0.39, 0.29) is 5.92 Å². The molecule has 0 saturated heterocycles. The minimum Gasteiger partial charge on any atom is -0.268 e. The number of nitrogens with zero attached hydrogens (tertiary/aromatic N) is 2. The van der Waals surface area contributed by atoms with E-state index >= 15 is 0 Å². The van der Waals surface area contributed by atoms with Crippen molar-refractivity contribution in [2.75, 3.05) is 0 Å². The van der Waals surface area contributed by atoms with Crippen molar-refractivity contribution in [3.63, 3.8) is 0 Å². The van der Waals surface area contributed by atoms with Crippen molar-refractivity contribution in [1.82, 2.24) is 0 Å². The normalized spacial score (nSPS) is 27.1. The molecule has 0 amide bonds. The topological polar surface area (TPSA) is 79.5 Å². The Hall–Kier alpha value is -1.09. The lowest BCUT2D eigenvalue weighted by atomic mass is 9.85. The molecule has 2 aliphatic rings. The van der Waals surface area contributed by atoms with E-state index in [2.05, 4.69) is 11.2 Å². The van der Waals surface area contributed by atoms with Crippen LogP contribution in [0, 0.1) is 17.2 Å². The first kappa shape index (κ1) is 15.3. The van der Waals surface area contributed by atoms with Crippen molar-refractivity contribution in [2.24, 2.45) is 11.1 Å². The van der Waals surface area contributed by atoms with Crippen LogP contribution in [0.3, 0.4) is 0 Å². The van der Waals surface area contributed by atoms with E-state index < -0.39 is 15.4 Å². The summed E-state index contributed by atoms with van der Waals surface area (Å²) in [4.78, 5) is 0. The molecule has 5 nitrogen and oxygen atoms in total. The van der Waals surface area contributed by atoms with Gasteiger partial charge in [-0.25, -0.2) is 0 Å². The van der Waals surface area contributed by atoms with Crippen molar-refractivity contribution >= 4 is 15.8 Å². The second kappa shape index (κ2) is 7.07. The molecule has 6 heteroatoms. The number of oxime groups is 1. The van der Waals surface area contributed by atoms with Gasteiger partial charge in [0.25, 0.3) is 0 Å². The van der Waals surface area contributed by atoms with Gasteiger partial charge in [0.15, 0.2) is 0 Å². The minimum atomic E-state index is -3.59. The zero-order valence-electron chi connectivity index (χ0n) is 11.8. The molecule has 0 N–H and O–H groups in total. The van der Waals surface area contributed by atoms with E-state index in [1.807, 2.05) is 0 Å². The molecule has 0 spiro atoms. The highest BCUT2D eigenvalue weighted by Crippen LogP contribution is 2.27. The van der Waals surface area contributed by atoms with Crippen LogP contribution in [0.5, 0.6) is 0 Å². The maximum atomic E-state index is 12.1. The molecule has 2 rings (SSSR count). The lowest BCUT2D eigenvalue weighted by Crippen LogP contribution is -2.26. The van der Waals surface area contributed by atoms with Crippen LogP contribution >= 0.6 is 0 Å². The summed E-state index contributed by atoms with van der Waals surface area (Å²) >= 11 is 0. The van der Waals surface area contributed by atoms with Gasteiger partial charge < -0.3 is 0 Å². The number of nitriles is 1. The minimum absolute atomic E-state index is 0.0651. The van der Waals surface area contributed by atoms with Gasteiger partial charge in [0.2, 0.25) is 0 Å². The summed E-state index contributed by atoms with van der Waals surface area (Å²) in [5, 5.41) is 12.3. The van der Waals surface area contributed by atoms with E-state index in [4.69, 9.17) is 9.55 Å². The zero-order chi connectivity index (χ0) is 14.4.